The van der Waals surface area contributed by atoms with E-state index in [9.17, 15) is 13.2 Å². The molecule has 6 nitrogen and oxygen atoms in total. The van der Waals surface area contributed by atoms with Gasteiger partial charge in [-0.1, -0.05) is 52.0 Å². The molecule has 0 saturated heterocycles. The van der Waals surface area contributed by atoms with Crippen LogP contribution < -0.4 is 10.0 Å². The molecule has 0 bridgehead atoms. The van der Waals surface area contributed by atoms with Gasteiger partial charge in [-0.05, 0) is 47.2 Å². The number of amides is 1. The minimum absolute atomic E-state index is 0.111. The van der Waals surface area contributed by atoms with Gasteiger partial charge in [0, 0.05) is 19.2 Å². The molecule has 2 N–H and O–H groups in total. The van der Waals surface area contributed by atoms with E-state index in [2.05, 4.69) is 62.0 Å². The number of carbonyl (C=O) groups is 1. The second-order valence-corrected chi connectivity index (χ2v) is 9.70. The van der Waals surface area contributed by atoms with Gasteiger partial charge in [0.2, 0.25) is 10.0 Å². The van der Waals surface area contributed by atoms with E-state index >= 15 is 0 Å². The second-order valence-electron chi connectivity index (χ2n) is 7.93. The molecule has 0 aliphatic heterocycles. The van der Waals surface area contributed by atoms with E-state index in [0.29, 0.717) is 11.5 Å². The van der Waals surface area contributed by atoms with Crippen molar-refractivity contribution in [3.63, 3.8) is 0 Å². The summed E-state index contributed by atoms with van der Waals surface area (Å²) in [5, 5.41) is 3.08. The third-order valence-corrected chi connectivity index (χ3v) is 6.42. The predicted molar refractivity (Wildman–Crippen MR) is 119 cm³/mol. The van der Waals surface area contributed by atoms with Crippen LogP contribution in [0.15, 0.2) is 53.4 Å². The highest BCUT2D eigenvalue weighted by atomic mass is 32.2. The molecule has 1 unspecified atom stereocenters. The van der Waals surface area contributed by atoms with Crippen LogP contribution in [0.1, 0.15) is 61.1 Å². The van der Waals surface area contributed by atoms with Gasteiger partial charge >= 0.3 is 0 Å². The Hall–Kier alpha value is -2.22. The normalized spacial score (nSPS) is 12.9. The van der Waals surface area contributed by atoms with Gasteiger partial charge in [0.05, 0.1) is 17.5 Å². The Labute approximate surface area is 180 Å². The number of rotatable bonds is 10. The van der Waals surface area contributed by atoms with E-state index in [-0.39, 0.29) is 35.9 Å². The van der Waals surface area contributed by atoms with Gasteiger partial charge in [-0.2, -0.15) is 0 Å². The van der Waals surface area contributed by atoms with Gasteiger partial charge < -0.3 is 10.1 Å². The zero-order valence-corrected chi connectivity index (χ0v) is 19.1. The molecule has 2 aromatic rings. The summed E-state index contributed by atoms with van der Waals surface area (Å²) >= 11 is 0. The van der Waals surface area contributed by atoms with Crippen LogP contribution >= 0.6 is 0 Å². The average Bonchev–Trinajstić information content (AvgIpc) is 2.72. The topological polar surface area (TPSA) is 84.5 Å². The van der Waals surface area contributed by atoms with Crippen molar-refractivity contribution in [3.05, 3.63) is 65.2 Å². The number of benzene rings is 2. The number of methoxy groups -OCH3 is 1. The largest absolute Gasteiger partial charge is 0.383 e. The fourth-order valence-corrected chi connectivity index (χ4v) is 4.11. The van der Waals surface area contributed by atoms with Crippen molar-refractivity contribution in [1.29, 1.82) is 0 Å². The molecule has 164 valence electrons. The molecule has 0 heterocycles. The van der Waals surface area contributed by atoms with Gasteiger partial charge in [-0.3, -0.25) is 4.79 Å². The third-order valence-electron chi connectivity index (χ3n) is 4.94. The van der Waals surface area contributed by atoms with Crippen molar-refractivity contribution >= 4 is 15.9 Å². The third kappa shape index (κ3) is 6.39. The Bertz CT molecular complexity index is 921. The Balaban J connectivity index is 2.12. The Kier molecular flexibility index (Phi) is 8.58. The molecule has 2 rings (SSSR count). The predicted octanol–water partition coefficient (Wildman–Crippen LogP) is 3.86. The number of hydrogen-bond donors (Lipinski definition) is 2. The molecule has 0 spiro atoms. The summed E-state index contributed by atoms with van der Waals surface area (Å²) in [6.07, 6.45) is 0. The van der Waals surface area contributed by atoms with Crippen LogP contribution in [0.25, 0.3) is 0 Å². The van der Waals surface area contributed by atoms with Crippen LogP contribution in [0.5, 0.6) is 0 Å². The smallest absolute Gasteiger partial charge is 0.251 e. The van der Waals surface area contributed by atoms with Crippen molar-refractivity contribution in [3.8, 4) is 0 Å². The molecular weight excluding hydrogens is 400 g/mol. The molecule has 0 radical (unpaired) electrons. The quantitative estimate of drug-likeness (QED) is 0.558. The monoisotopic (exact) mass is 432 g/mol. The van der Waals surface area contributed by atoms with Crippen molar-refractivity contribution in [1.82, 2.24) is 10.0 Å². The summed E-state index contributed by atoms with van der Waals surface area (Å²) in [7, 11) is -2.12. The molecule has 0 aromatic heterocycles. The Morgan fingerprint density at radius 2 is 1.50 bits per heavy atom. The van der Waals surface area contributed by atoms with Crippen LogP contribution in [0.4, 0.5) is 0 Å². The zero-order valence-electron chi connectivity index (χ0n) is 18.3. The van der Waals surface area contributed by atoms with E-state index in [1.165, 1.54) is 36.9 Å². The summed E-state index contributed by atoms with van der Waals surface area (Å²) in [5.41, 5.74) is 2.71. The fourth-order valence-electron chi connectivity index (χ4n) is 3.09. The van der Waals surface area contributed by atoms with E-state index in [0.717, 1.165) is 5.56 Å². The molecule has 0 aliphatic carbocycles. The van der Waals surface area contributed by atoms with Gasteiger partial charge in [0.15, 0.2) is 0 Å². The van der Waals surface area contributed by atoms with E-state index < -0.39 is 10.0 Å². The maximum Gasteiger partial charge on any atom is 0.251 e. The number of carbonyl (C=O) groups excluding carboxylic acids is 1. The molecule has 0 fully saturated rings. The van der Waals surface area contributed by atoms with Crippen molar-refractivity contribution in [2.24, 2.45) is 5.92 Å². The molecule has 0 aliphatic rings. The first-order chi connectivity index (χ1) is 14.2. The van der Waals surface area contributed by atoms with E-state index in [1.54, 1.807) is 0 Å². The van der Waals surface area contributed by atoms with Crippen LogP contribution in [-0.2, 0) is 14.8 Å². The molecule has 7 heteroatoms. The standard InChI is InChI=1S/C23H32N2O4S/c1-16(2)18-6-8-19(9-7-18)22(17(3)4)25-23(26)20-10-12-21(13-11-20)30(27,28)24-14-15-29-5/h6-13,16-17,22,24H,14-15H2,1-5H3,(H,25,26). The molecule has 1 amide bonds. The first-order valence-corrected chi connectivity index (χ1v) is 11.6. The summed E-state index contributed by atoms with van der Waals surface area (Å²) in [4.78, 5) is 12.9. The van der Waals surface area contributed by atoms with Crippen molar-refractivity contribution in [2.45, 2.75) is 44.6 Å². The number of nitrogens with one attached hydrogen (secondary N) is 2. The second kappa shape index (κ2) is 10.7. The first-order valence-electron chi connectivity index (χ1n) is 10.1. The highest BCUT2D eigenvalue weighted by Crippen LogP contribution is 2.24. The van der Waals surface area contributed by atoms with Crippen LogP contribution in [0.3, 0.4) is 0 Å². The average molecular weight is 433 g/mol. The summed E-state index contributed by atoms with van der Waals surface area (Å²) in [6.45, 7) is 8.88. The minimum Gasteiger partial charge on any atom is -0.383 e. The lowest BCUT2D eigenvalue weighted by Crippen LogP contribution is -2.32. The minimum atomic E-state index is -3.63. The van der Waals surface area contributed by atoms with E-state index in [4.69, 9.17) is 4.74 Å². The van der Waals surface area contributed by atoms with Crippen LogP contribution in [-0.4, -0.2) is 34.6 Å². The number of hydrogen-bond acceptors (Lipinski definition) is 4. The van der Waals surface area contributed by atoms with E-state index in [1.807, 2.05) is 0 Å². The molecule has 0 saturated carbocycles. The molecule has 30 heavy (non-hydrogen) atoms. The Morgan fingerprint density at radius 3 is 2.00 bits per heavy atom. The van der Waals surface area contributed by atoms with Crippen LogP contribution in [0.2, 0.25) is 0 Å². The maximum atomic E-state index is 12.8. The zero-order chi connectivity index (χ0) is 22.3. The van der Waals surface area contributed by atoms with Crippen molar-refractivity contribution < 1.29 is 17.9 Å². The maximum absolute atomic E-state index is 12.8. The summed E-state index contributed by atoms with van der Waals surface area (Å²) in [6, 6.07) is 14.1. The van der Waals surface area contributed by atoms with Crippen molar-refractivity contribution in [2.75, 3.05) is 20.3 Å². The Morgan fingerprint density at radius 1 is 0.933 bits per heavy atom. The SMILES string of the molecule is COCCNS(=O)(=O)c1ccc(C(=O)NC(c2ccc(C(C)C)cc2)C(C)C)cc1. The van der Waals surface area contributed by atoms with Gasteiger partial charge in [-0.15, -0.1) is 0 Å². The fraction of sp³-hybridized carbons (Fsp3) is 0.435. The highest BCUT2D eigenvalue weighted by molar-refractivity contribution is 7.89. The highest BCUT2D eigenvalue weighted by Gasteiger charge is 2.20. The lowest BCUT2D eigenvalue weighted by molar-refractivity contribution is 0.0925. The lowest BCUT2D eigenvalue weighted by Gasteiger charge is -2.23. The first kappa shape index (κ1) is 24.1. The molecule has 1 atom stereocenters. The van der Waals surface area contributed by atoms with Gasteiger partial charge in [0.25, 0.3) is 5.91 Å². The molecular formula is C23H32N2O4S. The lowest BCUT2D eigenvalue weighted by atomic mass is 9.93. The summed E-state index contributed by atoms with van der Waals surface area (Å²) in [5.74, 6) is 0.409. The molecule has 2 aromatic carbocycles. The van der Waals surface area contributed by atoms with Gasteiger partial charge in [-0.25, -0.2) is 13.1 Å². The van der Waals surface area contributed by atoms with Crippen LogP contribution in [0, 0.1) is 5.92 Å². The summed E-state index contributed by atoms with van der Waals surface area (Å²) < 4.78 is 31.8. The van der Waals surface area contributed by atoms with Gasteiger partial charge in [0.1, 0.15) is 0 Å². The number of ether oxygens (including phenoxy) is 1. The number of sulfonamides is 1.